The van der Waals surface area contributed by atoms with E-state index in [9.17, 15) is 8.42 Å². The number of fused-ring (bicyclic) bond motifs is 1. The fraction of sp³-hybridized carbons (Fsp3) is 0.333. The lowest BCUT2D eigenvalue weighted by molar-refractivity contribution is 0.171. The summed E-state index contributed by atoms with van der Waals surface area (Å²) in [6.45, 7) is 3.70. The van der Waals surface area contributed by atoms with Gasteiger partial charge in [-0.15, -0.1) is 0 Å². The van der Waals surface area contributed by atoms with Crippen LogP contribution in [0.25, 0.3) is 0 Å². The highest BCUT2D eigenvalue weighted by Gasteiger charge is 2.26. The Hall–Kier alpha value is -2.05. The molecule has 0 atom stereocenters. The number of sulfonamides is 1. The van der Waals surface area contributed by atoms with E-state index < -0.39 is 10.0 Å². The molecule has 0 fully saturated rings. The summed E-state index contributed by atoms with van der Waals surface area (Å²) in [6.07, 6.45) is 0.747. The van der Waals surface area contributed by atoms with Gasteiger partial charge >= 0.3 is 0 Å². The second-order valence-electron chi connectivity index (χ2n) is 5.63. The van der Waals surface area contributed by atoms with Crippen LogP contribution in [0.2, 0.25) is 0 Å². The molecule has 2 aromatic rings. The highest BCUT2D eigenvalue weighted by molar-refractivity contribution is 7.89. The van der Waals surface area contributed by atoms with Crippen LogP contribution in [0.4, 0.5) is 0 Å². The lowest BCUT2D eigenvalue weighted by atomic mass is 10.2. The van der Waals surface area contributed by atoms with E-state index in [1.807, 2.05) is 37.3 Å². The maximum absolute atomic E-state index is 13.0. The third-order valence-electron chi connectivity index (χ3n) is 3.83. The summed E-state index contributed by atoms with van der Waals surface area (Å²) in [7, 11) is -3.60. The van der Waals surface area contributed by atoms with Gasteiger partial charge in [0.25, 0.3) is 0 Å². The molecule has 0 radical (unpaired) electrons. The van der Waals surface area contributed by atoms with Crippen molar-refractivity contribution in [3.8, 4) is 11.5 Å². The fourth-order valence-corrected chi connectivity index (χ4v) is 4.19. The predicted octanol–water partition coefficient (Wildman–Crippen LogP) is 3.06. The topological polar surface area (TPSA) is 55.8 Å². The van der Waals surface area contributed by atoms with Gasteiger partial charge in [-0.3, -0.25) is 0 Å². The molecule has 1 aliphatic rings. The molecule has 1 aliphatic heterocycles. The van der Waals surface area contributed by atoms with Crippen molar-refractivity contribution in [3.05, 3.63) is 54.1 Å². The molecule has 0 saturated heterocycles. The van der Waals surface area contributed by atoms with Gasteiger partial charge in [-0.1, -0.05) is 37.3 Å². The van der Waals surface area contributed by atoms with Crippen LogP contribution in [0.5, 0.6) is 11.5 Å². The van der Waals surface area contributed by atoms with E-state index in [0.717, 1.165) is 12.0 Å². The average molecular weight is 347 g/mol. The van der Waals surface area contributed by atoms with Crippen LogP contribution in [0, 0.1) is 0 Å². The first-order valence-electron chi connectivity index (χ1n) is 8.05. The van der Waals surface area contributed by atoms with Crippen molar-refractivity contribution in [1.29, 1.82) is 0 Å². The zero-order chi connectivity index (χ0) is 17.0. The smallest absolute Gasteiger partial charge is 0.243 e. The summed E-state index contributed by atoms with van der Waals surface area (Å²) in [4.78, 5) is 0.233. The van der Waals surface area contributed by atoms with Crippen molar-refractivity contribution in [2.24, 2.45) is 0 Å². The van der Waals surface area contributed by atoms with Crippen LogP contribution in [-0.4, -0.2) is 32.5 Å². The molecule has 0 aromatic heterocycles. The van der Waals surface area contributed by atoms with E-state index in [4.69, 9.17) is 9.47 Å². The number of benzene rings is 2. The molecule has 0 N–H and O–H groups in total. The molecular formula is C18H21NO4S. The summed E-state index contributed by atoms with van der Waals surface area (Å²) in [5.74, 6) is 1.07. The summed E-state index contributed by atoms with van der Waals surface area (Å²) in [6, 6.07) is 14.4. The Labute approximate surface area is 142 Å². The summed E-state index contributed by atoms with van der Waals surface area (Å²) >= 11 is 0. The number of rotatable bonds is 6. The van der Waals surface area contributed by atoms with Crippen molar-refractivity contribution < 1.29 is 17.9 Å². The fourth-order valence-electron chi connectivity index (χ4n) is 2.65. The minimum absolute atomic E-state index is 0.233. The summed E-state index contributed by atoms with van der Waals surface area (Å²) < 4.78 is 38.6. The van der Waals surface area contributed by atoms with Crippen LogP contribution in [-0.2, 0) is 16.6 Å². The SMILES string of the molecule is CCCN(Cc1ccccc1)S(=O)(=O)c1ccc2c(c1)OCCO2. The third-order valence-corrected chi connectivity index (χ3v) is 5.67. The van der Waals surface area contributed by atoms with Gasteiger partial charge in [0, 0.05) is 19.2 Å². The van der Waals surface area contributed by atoms with E-state index in [1.54, 1.807) is 18.2 Å². The van der Waals surface area contributed by atoms with Gasteiger partial charge in [0.15, 0.2) is 11.5 Å². The third kappa shape index (κ3) is 3.55. The van der Waals surface area contributed by atoms with E-state index in [1.165, 1.54) is 4.31 Å². The van der Waals surface area contributed by atoms with Gasteiger partial charge in [-0.05, 0) is 24.1 Å². The number of ether oxygens (including phenoxy) is 2. The maximum Gasteiger partial charge on any atom is 0.243 e. The van der Waals surface area contributed by atoms with Crippen LogP contribution >= 0.6 is 0 Å². The Morgan fingerprint density at radius 2 is 1.71 bits per heavy atom. The van der Waals surface area contributed by atoms with Crippen molar-refractivity contribution >= 4 is 10.0 Å². The molecule has 0 spiro atoms. The lowest BCUT2D eigenvalue weighted by Gasteiger charge is -2.23. The molecule has 0 amide bonds. The van der Waals surface area contributed by atoms with E-state index in [2.05, 4.69) is 0 Å². The molecule has 0 saturated carbocycles. The Morgan fingerprint density at radius 3 is 2.42 bits per heavy atom. The largest absolute Gasteiger partial charge is 0.486 e. The molecule has 128 valence electrons. The van der Waals surface area contributed by atoms with Gasteiger partial charge in [0.05, 0.1) is 4.90 Å². The standard InChI is InChI=1S/C18H21NO4S/c1-2-10-19(14-15-6-4-3-5-7-15)24(20,21)16-8-9-17-18(13-16)23-12-11-22-17/h3-9,13H,2,10-12,14H2,1H3. The molecule has 0 aliphatic carbocycles. The molecule has 5 nitrogen and oxygen atoms in total. The molecular weight excluding hydrogens is 326 g/mol. The first-order chi connectivity index (χ1) is 11.6. The van der Waals surface area contributed by atoms with Crippen molar-refractivity contribution in [2.75, 3.05) is 19.8 Å². The quantitative estimate of drug-likeness (QED) is 0.806. The Morgan fingerprint density at radius 1 is 1.00 bits per heavy atom. The molecule has 24 heavy (non-hydrogen) atoms. The van der Waals surface area contributed by atoms with E-state index in [0.29, 0.717) is 37.8 Å². The van der Waals surface area contributed by atoms with Gasteiger partial charge in [-0.25, -0.2) is 8.42 Å². The van der Waals surface area contributed by atoms with Gasteiger partial charge in [-0.2, -0.15) is 4.31 Å². The van der Waals surface area contributed by atoms with Crippen molar-refractivity contribution in [1.82, 2.24) is 4.31 Å². The monoisotopic (exact) mass is 347 g/mol. The molecule has 0 unspecified atom stereocenters. The maximum atomic E-state index is 13.0. The second-order valence-corrected chi connectivity index (χ2v) is 7.57. The normalized spacial score (nSPS) is 13.9. The lowest BCUT2D eigenvalue weighted by Crippen LogP contribution is -2.31. The van der Waals surface area contributed by atoms with E-state index in [-0.39, 0.29) is 4.90 Å². The van der Waals surface area contributed by atoms with Crippen LogP contribution < -0.4 is 9.47 Å². The summed E-state index contributed by atoms with van der Waals surface area (Å²) in [5, 5.41) is 0. The number of nitrogens with zero attached hydrogens (tertiary/aromatic N) is 1. The minimum atomic E-state index is -3.60. The average Bonchev–Trinajstić information content (AvgIpc) is 2.62. The second kappa shape index (κ2) is 7.23. The highest BCUT2D eigenvalue weighted by atomic mass is 32.2. The Bertz CT molecular complexity index is 790. The van der Waals surface area contributed by atoms with Crippen LogP contribution in [0.1, 0.15) is 18.9 Å². The van der Waals surface area contributed by atoms with Crippen molar-refractivity contribution in [2.45, 2.75) is 24.8 Å². The zero-order valence-corrected chi connectivity index (χ0v) is 14.5. The first kappa shape index (κ1) is 16.8. The first-order valence-corrected chi connectivity index (χ1v) is 9.49. The van der Waals surface area contributed by atoms with Crippen LogP contribution in [0.3, 0.4) is 0 Å². The minimum Gasteiger partial charge on any atom is -0.486 e. The van der Waals surface area contributed by atoms with Gasteiger partial charge in [0.1, 0.15) is 13.2 Å². The summed E-state index contributed by atoms with van der Waals surface area (Å²) in [5.41, 5.74) is 0.965. The molecule has 2 aromatic carbocycles. The Kier molecular flexibility index (Phi) is 5.06. The Balaban J connectivity index is 1.91. The molecule has 6 heteroatoms. The molecule has 1 heterocycles. The highest BCUT2D eigenvalue weighted by Crippen LogP contribution is 2.33. The number of hydrogen-bond acceptors (Lipinski definition) is 4. The van der Waals surface area contributed by atoms with Crippen LogP contribution in [0.15, 0.2) is 53.4 Å². The van der Waals surface area contributed by atoms with Gasteiger partial charge in [0.2, 0.25) is 10.0 Å². The number of hydrogen-bond donors (Lipinski definition) is 0. The zero-order valence-electron chi connectivity index (χ0n) is 13.6. The van der Waals surface area contributed by atoms with E-state index >= 15 is 0 Å². The predicted molar refractivity (Wildman–Crippen MR) is 91.8 cm³/mol. The molecule has 0 bridgehead atoms. The van der Waals surface area contributed by atoms with Crippen molar-refractivity contribution in [3.63, 3.8) is 0 Å². The van der Waals surface area contributed by atoms with Gasteiger partial charge < -0.3 is 9.47 Å². The molecule has 3 rings (SSSR count).